The molecule has 1 aliphatic rings. The van der Waals surface area contributed by atoms with Crippen LogP contribution in [0.3, 0.4) is 0 Å². The summed E-state index contributed by atoms with van der Waals surface area (Å²) in [6.45, 7) is 2.21. The third-order valence-corrected chi connectivity index (χ3v) is 6.76. The zero-order chi connectivity index (χ0) is 12.8. The van der Waals surface area contributed by atoms with Crippen molar-refractivity contribution in [2.75, 3.05) is 0 Å². The van der Waals surface area contributed by atoms with Crippen molar-refractivity contribution in [1.29, 1.82) is 0 Å². The van der Waals surface area contributed by atoms with Gasteiger partial charge in [-0.2, -0.15) is 0 Å². The lowest BCUT2D eigenvalue weighted by molar-refractivity contribution is 0.680. The number of halogens is 2. The van der Waals surface area contributed by atoms with Crippen LogP contribution in [0, 0.1) is 6.92 Å². The molecule has 94 valence electrons. The van der Waals surface area contributed by atoms with Crippen LogP contribution in [0.1, 0.15) is 33.7 Å². The van der Waals surface area contributed by atoms with E-state index in [9.17, 15) is 0 Å². The van der Waals surface area contributed by atoms with E-state index in [2.05, 4.69) is 75.2 Å². The quantitative estimate of drug-likeness (QED) is 0.569. The third kappa shape index (κ3) is 2.10. The fourth-order valence-electron chi connectivity index (χ4n) is 2.60. The van der Waals surface area contributed by atoms with E-state index < -0.39 is 0 Å². The van der Waals surface area contributed by atoms with E-state index in [1.807, 2.05) is 11.3 Å². The SMILES string of the molecule is Cc1sc(Br)cc1C(Br)C1(c2ccccc2)CC1. The summed E-state index contributed by atoms with van der Waals surface area (Å²) < 4.78 is 1.23. The smallest absolute Gasteiger partial charge is 0.0704 e. The Hall–Kier alpha value is -0.120. The average molecular weight is 386 g/mol. The molecule has 0 bridgehead atoms. The molecule has 1 heterocycles. The summed E-state index contributed by atoms with van der Waals surface area (Å²) in [4.78, 5) is 1.83. The lowest BCUT2D eigenvalue weighted by atomic mass is 9.89. The highest BCUT2D eigenvalue weighted by Crippen LogP contribution is 2.61. The van der Waals surface area contributed by atoms with Gasteiger partial charge in [0.05, 0.1) is 8.61 Å². The Labute approximate surface area is 129 Å². The Kier molecular flexibility index (Phi) is 3.41. The minimum atomic E-state index is 0.312. The minimum Gasteiger partial charge on any atom is -0.133 e. The second-order valence-corrected chi connectivity index (χ2v) is 8.50. The second-order valence-electron chi connectivity index (χ2n) is 4.95. The van der Waals surface area contributed by atoms with Gasteiger partial charge in [-0.1, -0.05) is 46.3 Å². The molecule has 1 atom stereocenters. The normalized spacial score (nSPS) is 18.6. The maximum Gasteiger partial charge on any atom is 0.0704 e. The van der Waals surface area contributed by atoms with Gasteiger partial charge in [-0.05, 0) is 52.9 Å². The summed E-state index contributed by atoms with van der Waals surface area (Å²) in [5.41, 5.74) is 3.22. The van der Waals surface area contributed by atoms with Gasteiger partial charge in [-0.25, -0.2) is 0 Å². The fourth-order valence-corrected chi connectivity index (χ4v) is 5.70. The third-order valence-electron chi connectivity index (χ3n) is 3.82. The number of benzene rings is 1. The Morgan fingerprint density at radius 3 is 2.39 bits per heavy atom. The van der Waals surface area contributed by atoms with Gasteiger partial charge in [0.2, 0.25) is 0 Å². The standard InChI is InChI=1S/C15H14Br2S/c1-10-12(9-13(16)18-10)14(17)15(7-8-15)11-5-3-2-4-6-11/h2-6,9,14H,7-8H2,1H3. The molecule has 1 aromatic carbocycles. The number of thiophene rings is 1. The molecule has 1 unspecified atom stereocenters. The molecule has 0 saturated heterocycles. The van der Waals surface area contributed by atoms with Crippen molar-refractivity contribution in [2.45, 2.75) is 30.0 Å². The van der Waals surface area contributed by atoms with Crippen molar-refractivity contribution in [1.82, 2.24) is 0 Å². The predicted octanol–water partition coefficient (Wildman–Crippen LogP) is 5.99. The van der Waals surface area contributed by atoms with Crippen LogP contribution in [-0.2, 0) is 5.41 Å². The second kappa shape index (κ2) is 4.77. The summed E-state index contributed by atoms with van der Waals surface area (Å²) in [6.07, 6.45) is 2.56. The van der Waals surface area contributed by atoms with Gasteiger partial charge in [-0.3, -0.25) is 0 Å². The molecular weight excluding hydrogens is 372 g/mol. The molecule has 3 rings (SSSR count). The van der Waals surface area contributed by atoms with E-state index >= 15 is 0 Å². The lowest BCUT2D eigenvalue weighted by Gasteiger charge is -2.22. The van der Waals surface area contributed by atoms with E-state index in [1.165, 1.54) is 32.6 Å². The molecule has 18 heavy (non-hydrogen) atoms. The molecule has 2 aromatic rings. The molecule has 3 heteroatoms. The number of hydrogen-bond acceptors (Lipinski definition) is 1. The first kappa shape index (κ1) is 12.9. The van der Waals surface area contributed by atoms with Crippen molar-refractivity contribution < 1.29 is 0 Å². The zero-order valence-corrected chi connectivity index (χ0v) is 14.1. The molecule has 1 aromatic heterocycles. The summed E-state index contributed by atoms with van der Waals surface area (Å²) >= 11 is 9.37. The van der Waals surface area contributed by atoms with Gasteiger partial charge in [0, 0.05) is 10.3 Å². The van der Waals surface area contributed by atoms with E-state index in [-0.39, 0.29) is 0 Å². The van der Waals surface area contributed by atoms with Gasteiger partial charge < -0.3 is 0 Å². The van der Waals surface area contributed by atoms with Gasteiger partial charge in [-0.15, -0.1) is 11.3 Å². The Morgan fingerprint density at radius 2 is 1.89 bits per heavy atom. The van der Waals surface area contributed by atoms with Crippen LogP contribution in [0.2, 0.25) is 0 Å². The van der Waals surface area contributed by atoms with E-state index in [0.717, 1.165) is 0 Å². The average Bonchev–Trinajstić information content (AvgIpc) is 3.11. The van der Waals surface area contributed by atoms with Crippen LogP contribution in [-0.4, -0.2) is 0 Å². The lowest BCUT2D eigenvalue weighted by Crippen LogP contribution is -2.13. The molecule has 0 amide bonds. The molecule has 0 spiro atoms. The van der Waals surface area contributed by atoms with Crippen LogP contribution in [0.5, 0.6) is 0 Å². The van der Waals surface area contributed by atoms with Crippen LogP contribution in [0.25, 0.3) is 0 Å². The summed E-state index contributed by atoms with van der Waals surface area (Å²) in [7, 11) is 0. The van der Waals surface area contributed by atoms with E-state index in [0.29, 0.717) is 10.2 Å². The van der Waals surface area contributed by atoms with E-state index in [1.54, 1.807) is 0 Å². The van der Waals surface area contributed by atoms with Gasteiger partial charge in [0.15, 0.2) is 0 Å². The van der Waals surface area contributed by atoms with Gasteiger partial charge in [0.1, 0.15) is 0 Å². The molecule has 0 radical (unpaired) electrons. The zero-order valence-electron chi connectivity index (χ0n) is 10.1. The van der Waals surface area contributed by atoms with Crippen LogP contribution in [0.4, 0.5) is 0 Å². The predicted molar refractivity (Wildman–Crippen MR) is 85.8 cm³/mol. The fraction of sp³-hybridized carbons (Fsp3) is 0.333. The summed E-state index contributed by atoms with van der Waals surface area (Å²) in [5.74, 6) is 0. The molecule has 1 saturated carbocycles. The van der Waals surface area contributed by atoms with Gasteiger partial charge >= 0.3 is 0 Å². The highest BCUT2D eigenvalue weighted by molar-refractivity contribution is 9.11. The molecule has 0 nitrogen and oxygen atoms in total. The number of aryl methyl sites for hydroxylation is 1. The molecule has 0 aliphatic heterocycles. The molecule has 1 aliphatic carbocycles. The van der Waals surface area contributed by atoms with Crippen LogP contribution in [0.15, 0.2) is 40.2 Å². The van der Waals surface area contributed by atoms with Crippen molar-refractivity contribution in [3.05, 3.63) is 56.2 Å². The van der Waals surface area contributed by atoms with E-state index in [4.69, 9.17) is 0 Å². The number of rotatable bonds is 3. The largest absolute Gasteiger partial charge is 0.133 e. The summed E-state index contributed by atoms with van der Waals surface area (Å²) in [5, 5.41) is 0. The molecular formula is C15H14Br2S. The first-order valence-corrected chi connectivity index (χ1v) is 8.61. The Morgan fingerprint density at radius 1 is 1.22 bits per heavy atom. The first-order chi connectivity index (χ1) is 8.63. The van der Waals surface area contributed by atoms with Crippen LogP contribution < -0.4 is 0 Å². The number of hydrogen-bond donors (Lipinski definition) is 0. The number of alkyl halides is 1. The van der Waals surface area contributed by atoms with Crippen molar-refractivity contribution >= 4 is 43.2 Å². The van der Waals surface area contributed by atoms with Crippen molar-refractivity contribution in [2.24, 2.45) is 0 Å². The summed E-state index contributed by atoms with van der Waals surface area (Å²) in [6, 6.07) is 13.2. The topological polar surface area (TPSA) is 0 Å². The highest BCUT2D eigenvalue weighted by Gasteiger charge is 2.50. The maximum absolute atomic E-state index is 3.96. The monoisotopic (exact) mass is 384 g/mol. The Bertz CT molecular complexity index is 555. The molecule has 0 N–H and O–H groups in total. The van der Waals surface area contributed by atoms with Crippen LogP contribution >= 0.6 is 43.2 Å². The minimum absolute atomic E-state index is 0.312. The Balaban J connectivity index is 1.98. The van der Waals surface area contributed by atoms with Gasteiger partial charge in [0.25, 0.3) is 0 Å². The highest BCUT2D eigenvalue weighted by atomic mass is 79.9. The molecule has 1 fully saturated rings. The maximum atomic E-state index is 3.96. The first-order valence-electron chi connectivity index (χ1n) is 6.09. The van der Waals surface area contributed by atoms with Crippen molar-refractivity contribution in [3.63, 3.8) is 0 Å². The van der Waals surface area contributed by atoms with Crippen molar-refractivity contribution in [3.8, 4) is 0 Å².